The Morgan fingerprint density at radius 1 is 0.950 bits per heavy atom. The largest absolute Gasteiger partial charge is 0.489 e. The molecule has 8 rings (SSSR count). The van der Waals surface area contributed by atoms with E-state index in [0.717, 1.165) is 68.9 Å². The Balaban J connectivity index is 0.806. The first-order valence-electron chi connectivity index (χ1n) is 21.0. The van der Waals surface area contributed by atoms with E-state index in [-0.39, 0.29) is 59.2 Å². The number of fused-ring (bicyclic) bond motifs is 1. The van der Waals surface area contributed by atoms with Gasteiger partial charge in [0.2, 0.25) is 5.91 Å². The second-order valence-corrected chi connectivity index (χ2v) is 18.6. The van der Waals surface area contributed by atoms with Gasteiger partial charge in [0.1, 0.15) is 24.0 Å². The highest BCUT2D eigenvalue weighted by atomic mass is 35.5. The highest BCUT2D eigenvalue weighted by molar-refractivity contribution is 6.31. The van der Waals surface area contributed by atoms with Crippen molar-refractivity contribution in [3.8, 4) is 11.8 Å². The molecule has 4 fully saturated rings. The predicted molar refractivity (Wildman–Crippen MR) is 231 cm³/mol. The van der Waals surface area contributed by atoms with E-state index in [2.05, 4.69) is 83.3 Å². The molecule has 3 aromatic carbocycles. The van der Waals surface area contributed by atoms with Crippen molar-refractivity contribution in [2.24, 2.45) is 16.7 Å². The highest BCUT2D eigenvalue weighted by Gasteiger charge is 2.64. The van der Waals surface area contributed by atoms with Crippen LogP contribution in [0.1, 0.15) is 82.3 Å². The van der Waals surface area contributed by atoms with Crippen molar-refractivity contribution in [2.45, 2.75) is 84.5 Å². The van der Waals surface area contributed by atoms with Gasteiger partial charge in [0.25, 0.3) is 17.4 Å². The van der Waals surface area contributed by atoms with Crippen molar-refractivity contribution >= 4 is 51.5 Å². The summed E-state index contributed by atoms with van der Waals surface area (Å²) >= 11 is 6.26. The van der Waals surface area contributed by atoms with Crippen LogP contribution < -0.4 is 30.7 Å². The Labute approximate surface area is 355 Å². The number of benzene rings is 3. The van der Waals surface area contributed by atoms with Gasteiger partial charge >= 0.3 is 0 Å². The number of halogens is 1. The lowest BCUT2D eigenvalue weighted by molar-refractivity contribution is -0.164. The van der Waals surface area contributed by atoms with Crippen LogP contribution in [0, 0.1) is 28.1 Å². The van der Waals surface area contributed by atoms with Gasteiger partial charge in [-0.15, -0.1) is 0 Å². The van der Waals surface area contributed by atoms with Gasteiger partial charge < -0.3 is 19.9 Å². The number of ether oxygens (including phenoxy) is 1. The monoisotopic (exact) mass is 832 g/mol. The number of carbonyl (C=O) groups is 3. The third-order valence-corrected chi connectivity index (χ3v) is 13.7. The Hall–Kier alpha value is -5.45. The van der Waals surface area contributed by atoms with Crippen molar-refractivity contribution in [3.05, 3.63) is 93.4 Å². The molecule has 4 aromatic rings. The van der Waals surface area contributed by atoms with Gasteiger partial charge in [-0.2, -0.15) is 10.4 Å². The van der Waals surface area contributed by atoms with Crippen LogP contribution in [0.2, 0.25) is 5.02 Å². The molecule has 14 heteroatoms. The molecule has 13 nitrogen and oxygen atoms in total. The lowest BCUT2D eigenvalue weighted by atomic mass is 9.49. The van der Waals surface area contributed by atoms with Crippen molar-refractivity contribution < 1.29 is 19.1 Å². The average molecular weight is 833 g/mol. The van der Waals surface area contributed by atoms with E-state index in [1.807, 2.05) is 30.3 Å². The molecule has 0 bridgehead atoms. The van der Waals surface area contributed by atoms with Crippen molar-refractivity contribution in [2.75, 3.05) is 49.1 Å². The number of imide groups is 1. The van der Waals surface area contributed by atoms with Gasteiger partial charge in [0.15, 0.2) is 0 Å². The summed E-state index contributed by atoms with van der Waals surface area (Å²) in [5, 5.41) is 20.8. The number of amides is 3. The normalized spacial score (nSPS) is 24.4. The second-order valence-electron chi connectivity index (χ2n) is 18.2. The molecule has 314 valence electrons. The van der Waals surface area contributed by atoms with E-state index in [0.29, 0.717) is 33.2 Å². The van der Waals surface area contributed by atoms with E-state index in [9.17, 15) is 24.4 Å². The third-order valence-electron chi connectivity index (χ3n) is 13.4. The number of piperidine rings is 2. The summed E-state index contributed by atoms with van der Waals surface area (Å²) < 4.78 is 7.60. The minimum atomic E-state index is -0.786. The first-order chi connectivity index (χ1) is 28.6. The van der Waals surface area contributed by atoms with Crippen LogP contribution in [0.3, 0.4) is 0 Å². The first kappa shape index (κ1) is 41.3. The van der Waals surface area contributed by atoms with Gasteiger partial charge in [-0.25, -0.2) is 4.68 Å². The summed E-state index contributed by atoms with van der Waals surface area (Å²) in [6.07, 6.45) is 4.12. The third kappa shape index (κ3) is 7.83. The van der Waals surface area contributed by atoms with E-state index < -0.39 is 11.9 Å². The molecule has 3 aliphatic heterocycles. The summed E-state index contributed by atoms with van der Waals surface area (Å²) in [4.78, 5) is 58.2. The quantitative estimate of drug-likeness (QED) is 0.194. The molecule has 1 unspecified atom stereocenters. The fourth-order valence-corrected chi connectivity index (χ4v) is 10.6. The standard InChI is InChI=1S/C46H53ClN8O5/c1-28-26-52(20-21-54(28)34-11-13-36-32(22-34)25-49-55(42(36)59)38-14-15-39(56)50-41(38)58)27-29-16-18-53(19-17-29)33-9-6-30(7-10-33)40(57)51-43-45(2,3)44(46(43,4)5)60-35-12-8-31(24-48)37(47)23-35/h6-13,22-23,25,28-29,38,43-44H,14-21,26-27H2,1-5H3,(H,51,57)(H,50,56,58)/t28-,38?,43-,44-/m1/s1. The average Bonchev–Trinajstić information content (AvgIpc) is 3.22. The smallest absolute Gasteiger partial charge is 0.275 e. The Bertz CT molecular complexity index is 2400. The lowest BCUT2D eigenvalue weighted by Crippen LogP contribution is -2.74. The van der Waals surface area contributed by atoms with Crippen LogP contribution in [-0.2, 0) is 9.59 Å². The number of rotatable bonds is 9. The Kier molecular flexibility index (Phi) is 11.1. The number of piperazine rings is 1. The van der Waals surface area contributed by atoms with Crippen LogP contribution >= 0.6 is 11.6 Å². The molecule has 0 spiro atoms. The number of anilines is 2. The molecule has 1 saturated carbocycles. The number of nitrogens with zero attached hydrogens (tertiary/aromatic N) is 6. The van der Waals surface area contributed by atoms with Crippen LogP contribution in [0.4, 0.5) is 11.4 Å². The summed E-state index contributed by atoms with van der Waals surface area (Å²) in [5.41, 5.74) is 2.20. The van der Waals surface area contributed by atoms with Crippen LogP contribution in [0.5, 0.6) is 5.75 Å². The summed E-state index contributed by atoms with van der Waals surface area (Å²) in [7, 11) is 0. The van der Waals surface area contributed by atoms with Gasteiger partial charge in [-0.1, -0.05) is 39.3 Å². The van der Waals surface area contributed by atoms with Crippen LogP contribution in [0.15, 0.2) is 71.7 Å². The van der Waals surface area contributed by atoms with E-state index in [1.54, 1.807) is 24.4 Å². The number of hydrogen-bond donors (Lipinski definition) is 2. The zero-order chi connectivity index (χ0) is 42.5. The maximum Gasteiger partial charge on any atom is 0.275 e. The van der Waals surface area contributed by atoms with Gasteiger partial charge in [-0.3, -0.25) is 29.4 Å². The van der Waals surface area contributed by atoms with Gasteiger partial charge in [0, 0.05) is 97.0 Å². The number of aromatic nitrogens is 2. The number of carbonyl (C=O) groups excluding carboxylic acids is 3. The molecule has 4 aliphatic rings. The lowest BCUT2D eigenvalue weighted by Gasteiger charge is -2.63. The van der Waals surface area contributed by atoms with E-state index in [1.165, 1.54) is 4.68 Å². The van der Waals surface area contributed by atoms with Crippen molar-refractivity contribution in [3.63, 3.8) is 0 Å². The predicted octanol–water partition coefficient (Wildman–Crippen LogP) is 5.94. The molecule has 2 N–H and O–H groups in total. The molecule has 0 radical (unpaired) electrons. The fraction of sp³-hybridized carbons (Fsp3) is 0.478. The van der Waals surface area contributed by atoms with Gasteiger partial charge in [-0.05, 0) is 86.7 Å². The zero-order valence-corrected chi connectivity index (χ0v) is 35.7. The van der Waals surface area contributed by atoms with E-state index in [4.69, 9.17) is 16.3 Å². The molecule has 1 aliphatic carbocycles. The Morgan fingerprint density at radius 3 is 2.33 bits per heavy atom. The number of nitrogens with one attached hydrogen (secondary N) is 2. The molecule has 60 heavy (non-hydrogen) atoms. The Morgan fingerprint density at radius 2 is 1.67 bits per heavy atom. The summed E-state index contributed by atoms with van der Waals surface area (Å²) in [6, 6.07) is 20.4. The SMILES string of the molecule is C[C@@H]1CN(CC2CCN(c3ccc(C(=O)N[C@H]4C(C)(C)[C@H](Oc5ccc(C#N)c(Cl)c5)C4(C)C)cc3)CC2)CCN1c1ccc2c(=O)n(C3CCC(=O)NC3=O)ncc2c1. The topological polar surface area (TPSA) is 153 Å². The summed E-state index contributed by atoms with van der Waals surface area (Å²) in [6.45, 7) is 16.5. The van der Waals surface area contributed by atoms with Crippen LogP contribution in [0.25, 0.3) is 10.8 Å². The van der Waals surface area contributed by atoms with Crippen LogP contribution in [-0.4, -0.2) is 89.9 Å². The number of nitriles is 1. The minimum Gasteiger partial charge on any atom is -0.489 e. The molecule has 1 aromatic heterocycles. The maximum atomic E-state index is 13.5. The molecule has 2 atom stereocenters. The zero-order valence-electron chi connectivity index (χ0n) is 34.9. The molecule has 3 amide bonds. The van der Waals surface area contributed by atoms with Crippen molar-refractivity contribution in [1.29, 1.82) is 5.26 Å². The number of hydrogen-bond acceptors (Lipinski definition) is 10. The van der Waals surface area contributed by atoms with Crippen molar-refractivity contribution in [1.82, 2.24) is 25.3 Å². The maximum absolute atomic E-state index is 13.5. The second kappa shape index (κ2) is 16.2. The molecular formula is C46H53ClN8O5. The van der Waals surface area contributed by atoms with Gasteiger partial charge in [0.05, 0.1) is 22.2 Å². The summed E-state index contributed by atoms with van der Waals surface area (Å²) in [5.74, 6) is 0.297. The first-order valence-corrected chi connectivity index (χ1v) is 21.4. The molecule has 4 heterocycles. The fourth-order valence-electron chi connectivity index (χ4n) is 10.4. The highest BCUT2D eigenvalue weighted by Crippen LogP contribution is 2.55. The minimum absolute atomic E-state index is 0.102. The van der Waals surface area contributed by atoms with E-state index >= 15 is 0 Å². The molecular weight excluding hydrogens is 780 g/mol. The molecule has 3 saturated heterocycles.